The van der Waals surface area contributed by atoms with Gasteiger partial charge in [-0.1, -0.05) is 6.07 Å². The minimum atomic E-state index is 0.683. The molecule has 0 saturated carbocycles. The average Bonchev–Trinajstić information content (AvgIpc) is 2.83. The molecule has 108 valence electrons. The smallest absolute Gasteiger partial charge is 0.203 e. The van der Waals surface area contributed by atoms with Crippen LogP contribution >= 0.6 is 0 Å². The van der Waals surface area contributed by atoms with Crippen LogP contribution < -0.4 is 5.32 Å². The maximum absolute atomic E-state index is 5.37. The number of nitrogens with one attached hydrogen (secondary N) is 1. The highest BCUT2D eigenvalue weighted by Gasteiger charge is 2.05. The molecule has 0 bridgehead atoms. The van der Waals surface area contributed by atoms with Crippen LogP contribution in [-0.2, 0) is 17.8 Å². The molecule has 0 aliphatic carbocycles. The summed E-state index contributed by atoms with van der Waals surface area (Å²) < 4.78 is 7.50. The van der Waals surface area contributed by atoms with Crippen molar-refractivity contribution in [3.05, 3.63) is 42.0 Å². The van der Waals surface area contributed by atoms with Gasteiger partial charge in [0.2, 0.25) is 5.95 Å². The first-order chi connectivity index (χ1) is 9.79. The van der Waals surface area contributed by atoms with Gasteiger partial charge in [-0.15, -0.1) is 0 Å². The van der Waals surface area contributed by atoms with E-state index in [-0.39, 0.29) is 0 Å². The number of ether oxygens (including phenoxy) is 1. The number of hydrogen-bond donors (Lipinski definition) is 1. The fourth-order valence-electron chi connectivity index (χ4n) is 2.01. The third-order valence-corrected chi connectivity index (χ3v) is 2.94. The molecule has 0 saturated heterocycles. The highest BCUT2D eigenvalue weighted by atomic mass is 16.5. The maximum atomic E-state index is 5.37. The van der Waals surface area contributed by atoms with Crippen LogP contribution in [0.4, 0.5) is 5.95 Å². The third kappa shape index (κ3) is 4.35. The Kier molecular flexibility index (Phi) is 5.55. The fourth-order valence-corrected chi connectivity index (χ4v) is 2.01. The van der Waals surface area contributed by atoms with Gasteiger partial charge in [-0.3, -0.25) is 4.98 Å². The van der Waals surface area contributed by atoms with Crippen LogP contribution in [0.15, 0.2) is 30.6 Å². The van der Waals surface area contributed by atoms with Gasteiger partial charge in [0, 0.05) is 32.2 Å². The van der Waals surface area contributed by atoms with Crippen molar-refractivity contribution < 1.29 is 4.74 Å². The third-order valence-electron chi connectivity index (χ3n) is 2.94. The SMILES string of the molecule is CCOCCCn1cc(C)nc1NCc1ccccn1. The van der Waals surface area contributed by atoms with Crippen molar-refractivity contribution in [2.24, 2.45) is 0 Å². The number of hydrogen-bond acceptors (Lipinski definition) is 4. The summed E-state index contributed by atoms with van der Waals surface area (Å²) in [5, 5.41) is 3.34. The first-order valence-electron chi connectivity index (χ1n) is 7.05. The van der Waals surface area contributed by atoms with Gasteiger partial charge in [-0.2, -0.15) is 0 Å². The minimum absolute atomic E-state index is 0.683. The second kappa shape index (κ2) is 7.65. The molecule has 2 aromatic heterocycles. The Bertz CT molecular complexity index is 510. The van der Waals surface area contributed by atoms with Crippen molar-refractivity contribution in [1.29, 1.82) is 0 Å². The zero-order valence-electron chi connectivity index (χ0n) is 12.2. The number of anilines is 1. The first kappa shape index (κ1) is 14.5. The number of pyridine rings is 1. The average molecular weight is 274 g/mol. The molecule has 5 nitrogen and oxygen atoms in total. The quantitative estimate of drug-likeness (QED) is 0.752. The highest BCUT2D eigenvalue weighted by Crippen LogP contribution is 2.10. The molecule has 0 radical (unpaired) electrons. The summed E-state index contributed by atoms with van der Waals surface area (Å²) in [5.74, 6) is 0.893. The molecule has 0 fully saturated rings. The van der Waals surface area contributed by atoms with E-state index in [4.69, 9.17) is 4.74 Å². The van der Waals surface area contributed by atoms with Crippen LogP contribution in [0.2, 0.25) is 0 Å². The van der Waals surface area contributed by atoms with Crippen molar-refractivity contribution in [2.75, 3.05) is 18.5 Å². The van der Waals surface area contributed by atoms with Crippen LogP contribution in [0.25, 0.3) is 0 Å². The van der Waals surface area contributed by atoms with Crippen LogP contribution in [0.1, 0.15) is 24.7 Å². The van der Waals surface area contributed by atoms with E-state index in [1.54, 1.807) is 6.20 Å². The monoisotopic (exact) mass is 274 g/mol. The van der Waals surface area contributed by atoms with Crippen molar-refractivity contribution in [1.82, 2.24) is 14.5 Å². The molecule has 0 aliphatic rings. The second-order valence-electron chi connectivity index (χ2n) is 4.62. The van der Waals surface area contributed by atoms with Gasteiger partial charge in [-0.25, -0.2) is 4.98 Å². The number of aromatic nitrogens is 3. The molecule has 2 rings (SSSR count). The topological polar surface area (TPSA) is 52.0 Å². The van der Waals surface area contributed by atoms with Crippen molar-refractivity contribution in [3.63, 3.8) is 0 Å². The summed E-state index contributed by atoms with van der Waals surface area (Å²) in [4.78, 5) is 8.81. The molecular weight excluding hydrogens is 252 g/mol. The van der Waals surface area contributed by atoms with E-state index in [0.29, 0.717) is 6.54 Å². The van der Waals surface area contributed by atoms with Crippen molar-refractivity contribution in [3.8, 4) is 0 Å². The lowest BCUT2D eigenvalue weighted by atomic mass is 10.3. The number of rotatable bonds is 8. The molecule has 0 aromatic carbocycles. The van der Waals surface area contributed by atoms with E-state index in [1.807, 2.05) is 32.0 Å². The summed E-state index contributed by atoms with van der Waals surface area (Å²) in [6.07, 6.45) is 4.85. The van der Waals surface area contributed by atoms with E-state index in [2.05, 4.69) is 26.0 Å². The minimum Gasteiger partial charge on any atom is -0.382 e. The van der Waals surface area contributed by atoms with E-state index in [1.165, 1.54) is 0 Å². The van der Waals surface area contributed by atoms with E-state index in [0.717, 1.165) is 43.5 Å². The Hall–Kier alpha value is -1.88. The zero-order chi connectivity index (χ0) is 14.2. The van der Waals surface area contributed by atoms with Crippen LogP contribution in [0.5, 0.6) is 0 Å². The van der Waals surface area contributed by atoms with E-state index in [9.17, 15) is 0 Å². The Balaban J connectivity index is 1.90. The lowest BCUT2D eigenvalue weighted by Crippen LogP contribution is -2.09. The highest BCUT2D eigenvalue weighted by molar-refractivity contribution is 5.29. The predicted octanol–water partition coefficient (Wildman–Crippen LogP) is 2.63. The Morgan fingerprint density at radius 2 is 2.25 bits per heavy atom. The molecule has 0 atom stereocenters. The summed E-state index contributed by atoms with van der Waals surface area (Å²) in [5.41, 5.74) is 2.03. The number of imidazole rings is 1. The molecule has 0 spiro atoms. The summed E-state index contributed by atoms with van der Waals surface area (Å²) in [7, 11) is 0. The van der Waals surface area contributed by atoms with Gasteiger partial charge < -0.3 is 14.6 Å². The number of aryl methyl sites for hydroxylation is 2. The molecule has 5 heteroatoms. The summed E-state index contributed by atoms with van der Waals surface area (Å²) in [6, 6.07) is 5.91. The Morgan fingerprint density at radius 3 is 3.00 bits per heavy atom. The van der Waals surface area contributed by atoms with Gasteiger partial charge in [0.1, 0.15) is 0 Å². The fraction of sp³-hybridized carbons (Fsp3) is 0.467. The summed E-state index contributed by atoms with van der Waals surface area (Å²) >= 11 is 0. The molecule has 1 N–H and O–H groups in total. The molecule has 0 unspecified atom stereocenters. The van der Waals surface area contributed by atoms with Gasteiger partial charge in [0.25, 0.3) is 0 Å². The van der Waals surface area contributed by atoms with E-state index < -0.39 is 0 Å². The lowest BCUT2D eigenvalue weighted by molar-refractivity contribution is 0.142. The van der Waals surface area contributed by atoms with Gasteiger partial charge in [-0.05, 0) is 32.4 Å². The van der Waals surface area contributed by atoms with Gasteiger partial charge in [0.05, 0.1) is 17.9 Å². The zero-order valence-corrected chi connectivity index (χ0v) is 12.2. The molecule has 2 heterocycles. The predicted molar refractivity (Wildman–Crippen MR) is 79.6 cm³/mol. The standard InChI is InChI=1S/C15H22N4O/c1-3-20-10-6-9-19-12-13(2)18-15(19)17-11-14-7-4-5-8-16-14/h4-5,7-8,12H,3,6,9-11H2,1-2H3,(H,17,18). The molecular formula is C15H22N4O. The Labute approximate surface area is 120 Å². The normalized spacial score (nSPS) is 10.7. The Morgan fingerprint density at radius 1 is 1.35 bits per heavy atom. The van der Waals surface area contributed by atoms with Crippen LogP contribution in [0, 0.1) is 6.92 Å². The van der Waals surface area contributed by atoms with E-state index >= 15 is 0 Å². The molecule has 0 amide bonds. The largest absolute Gasteiger partial charge is 0.382 e. The maximum Gasteiger partial charge on any atom is 0.203 e. The second-order valence-corrected chi connectivity index (χ2v) is 4.62. The van der Waals surface area contributed by atoms with Gasteiger partial charge >= 0.3 is 0 Å². The molecule has 2 aromatic rings. The summed E-state index contributed by atoms with van der Waals surface area (Å²) in [6.45, 7) is 7.17. The van der Waals surface area contributed by atoms with Crippen molar-refractivity contribution >= 4 is 5.95 Å². The molecule has 0 aliphatic heterocycles. The number of nitrogens with zero attached hydrogens (tertiary/aromatic N) is 3. The lowest BCUT2D eigenvalue weighted by Gasteiger charge is -2.09. The van der Waals surface area contributed by atoms with Crippen molar-refractivity contribution in [2.45, 2.75) is 33.4 Å². The van der Waals surface area contributed by atoms with Gasteiger partial charge in [0.15, 0.2) is 0 Å². The van der Waals surface area contributed by atoms with Crippen LogP contribution in [-0.4, -0.2) is 27.7 Å². The molecule has 20 heavy (non-hydrogen) atoms. The first-order valence-corrected chi connectivity index (χ1v) is 7.05. The van der Waals surface area contributed by atoms with Crippen LogP contribution in [0.3, 0.4) is 0 Å².